The van der Waals surface area contributed by atoms with E-state index in [0.717, 1.165) is 17.4 Å². The Balaban J connectivity index is 2.32. The van der Waals surface area contributed by atoms with Crippen LogP contribution in [0.5, 0.6) is 0 Å². The average molecular weight is 270 g/mol. The van der Waals surface area contributed by atoms with Gasteiger partial charge in [0.25, 0.3) is 0 Å². The van der Waals surface area contributed by atoms with Crippen molar-refractivity contribution in [2.75, 3.05) is 18.1 Å². The van der Waals surface area contributed by atoms with Crippen LogP contribution in [0.2, 0.25) is 0 Å². The Kier molecular flexibility index (Phi) is 3.32. The first-order valence-electron chi connectivity index (χ1n) is 5.36. The Morgan fingerprint density at radius 1 is 1.53 bits per heavy atom. The summed E-state index contributed by atoms with van der Waals surface area (Å²) in [4.78, 5) is 2.32. The summed E-state index contributed by atoms with van der Waals surface area (Å²) < 4.78 is 1.14. The fourth-order valence-electron chi connectivity index (χ4n) is 2.25. The molecule has 0 spiro atoms. The maximum atomic E-state index is 9.30. The number of aliphatic hydroxyl groups is 1. The first kappa shape index (κ1) is 11.0. The fourth-order valence-corrected chi connectivity index (χ4v) is 2.61. The summed E-state index contributed by atoms with van der Waals surface area (Å²) in [6, 6.07) is 6.55. The van der Waals surface area contributed by atoms with Crippen molar-refractivity contribution in [3.8, 4) is 0 Å². The Morgan fingerprint density at radius 3 is 3.07 bits per heavy atom. The quantitative estimate of drug-likeness (QED) is 0.893. The lowest BCUT2D eigenvalue weighted by Gasteiger charge is -2.27. The molecule has 1 atom stereocenters. The molecule has 1 unspecified atom stereocenters. The maximum absolute atomic E-state index is 9.30. The van der Waals surface area contributed by atoms with Crippen LogP contribution in [0.4, 0.5) is 5.69 Å². The molecule has 2 rings (SSSR count). The maximum Gasteiger partial charge on any atom is 0.0635 e. The summed E-state index contributed by atoms with van der Waals surface area (Å²) in [6.07, 6.45) is 2.28. The normalized spacial score (nSPS) is 21.0. The molecule has 0 amide bonds. The van der Waals surface area contributed by atoms with Crippen LogP contribution >= 0.6 is 15.9 Å². The standard InChI is InChI=1S/C12H16BrNO/c1-9-11(13)5-2-6-12(9)14-7-3-4-10(14)8-15/h2,5-6,10,15H,3-4,7-8H2,1H3. The van der Waals surface area contributed by atoms with Crippen molar-refractivity contribution in [1.29, 1.82) is 0 Å². The highest BCUT2D eigenvalue weighted by Crippen LogP contribution is 2.31. The van der Waals surface area contributed by atoms with Crippen LogP contribution < -0.4 is 4.90 Å². The first-order chi connectivity index (χ1) is 7.24. The number of rotatable bonds is 2. The number of nitrogens with zero attached hydrogens (tertiary/aromatic N) is 1. The number of halogens is 1. The minimum Gasteiger partial charge on any atom is -0.394 e. The van der Waals surface area contributed by atoms with Crippen LogP contribution in [0.15, 0.2) is 22.7 Å². The Labute approximate surface area is 99.0 Å². The second-order valence-corrected chi connectivity index (χ2v) is 4.91. The molecule has 3 heteroatoms. The number of hydrogen-bond acceptors (Lipinski definition) is 2. The second kappa shape index (κ2) is 4.54. The van der Waals surface area contributed by atoms with Crippen LogP contribution in [-0.4, -0.2) is 24.3 Å². The molecule has 2 nitrogen and oxygen atoms in total. The van der Waals surface area contributed by atoms with Gasteiger partial charge in [-0.25, -0.2) is 0 Å². The van der Waals surface area contributed by atoms with Gasteiger partial charge in [-0.2, -0.15) is 0 Å². The SMILES string of the molecule is Cc1c(Br)cccc1N1CCCC1CO. The monoisotopic (exact) mass is 269 g/mol. The van der Waals surface area contributed by atoms with Crippen LogP contribution in [0.3, 0.4) is 0 Å². The van der Waals surface area contributed by atoms with E-state index in [0.29, 0.717) is 6.04 Å². The zero-order chi connectivity index (χ0) is 10.8. The molecule has 0 bridgehead atoms. The summed E-state index contributed by atoms with van der Waals surface area (Å²) >= 11 is 3.55. The van der Waals surface area contributed by atoms with Gasteiger partial charge in [-0.3, -0.25) is 0 Å². The molecule has 1 aromatic carbocycles. The molecule has 1 saturated heterocycles. The second-order valence-electron chi connectivity index (χ2n) is 4.06. The zero-order valence-electron chi connectivity index (χ0n) is 8.91. The van der Waals surface area contributed by atoms with Gasteiger partial charge in [0.05, 0.1) is 12.6 Å². The summed E-state index contributed by atoms with van der Waals surface area (Å²) in [5, 5.41) is 9.30. The van der Waals surface area contributed by atoms with E-state index < -0.39 is 0 Å². The molecular formula is C12H16BrNO. The third-order valence-electron chi connectivity index (χ3n) is 3.14. The lowest BCUT2D eigenvalue weighted by atomic mass is 10.1. The molecule has 1 fully saturated rings. The van der Waals surface area contributed by atoms with E-state index in [2.05, 4.69) is 46.0 Å². The number of benzene rings is 1. The topological polar surface area (TPSA) is 23.5 Å². The van der Waals surface area contributed by atoms with Crippen LogP contribution in [0.1, 0.15) is 18.4 Å². The lowest BCUT2D eigenvalue weighted by Crippen LogP contribution is -2.32. The fraction of sp³-hybridized carbons (Fsp3) is 0.500. The van der Waals surface area contributed by atoms with E-state index in [-0.39, 0.29) is 6.61 Å². The van der Waals surface area contributed by atoms with Crippen molar-refractivity contribution in [3.63, 3.8) is 0 Å². The molecule has 0 radical (unpaired) electrons. The van der Waals surface area contributed by atoms with E-state index in [9.17, 15) is 5.11 Å². The van der Waals surface area contributed by atoms with Crippen LogP contribution in [-0.2, 0) is 0 Å². The van der Waals surface area contributed by atoms with E-state index in [1.807, 2.05) is 0 Å². The molecule has 0 saturated carbocycles. The van der Waals surface area contributed by atoms with Gasteiger partial charge in [0.2, 0.25) is 0 Å². The third-order valence-corrected chi connectivity index (χ3v) is 4.00. The van der Waals surface area contributed by atoms with Gasteiger partial charge in [-0.1, -0.05) is 22.0 Å². The van der Waals surface area contributed by atoms with E-state index in [4.69, 9.17) is 0 Å². The molecule has 82 valence electrons. The van der Waals surface area contributed by atoms with Crippen molar-refractivity contribution >= 4 is 21.6 Å². The lowest BCUT2D eigenvalue weighted by molar-refractivity contribution is 0.266. The van der Waals surface area contributed by atoms with Gasteiger partial charge in [-0.15, -0.1) is 0 Å². The Hall–Kier alpha value is -0.540. The zero-order valence-corrected chi connectivity index (χ0v) is 10.5. The highest BCUT2D eigenvalue weighted by molar-refractivity contribution is 9.10. The summed E-state index contributed by atoms with van der Waals surface area (Å²) in [6.45, 7) is 3.43. The number of aliphatic hydroxyl groups excluding tert-OH is 1. The summed E-state index contributed by atoms with van der Waals surface area (Å²) in [5.41, 5.74) is 2.51. The van der Waals surface area contributed by atoms with Crippen LogP contribution in [0.25, 0.3) is 0 Å². The highest BCUT2D eigenvalue weighted by atomic mass is 79.9. The molecule has 15 heavy (non-hydrogen) atoms. The summed E-state index contributed by atoms with van der Waals surface area (Å²) in [7, 11) is 0. The van der Waals surface area contributed by atoms with E-state index >= 15 is 0 Å². The predicted octanol–water partition coefficient (Wildman–Crippen LogP) is 2.72. The van der Waals surface area contributed by atoms with Crippen LogP contribution in [0, 0.1) is 6.92 Å². The molecule has 1 aromatic rings. The summed E-state index contributed by atoms with van der Waals surface area (Å²) in [5.74, 6) is 0. The van der Waals surface area contributed by atoms with E-state index in [1.165, 1.54) is 17.7 Å². The predicted molar refractivity (Wildman–Crippen MR) is 66.3 cm³/mol. The molecule has 1 aliphatic rings. The van der Waals surface area contributed by atoms with Crippen molar-refractivity contribution in [2.24, 2.45) is 0 Å². The molecular weight excluding hydrogens is 254 g/mol. The molecule has 1 aliphatic heterocycles. The van der Waals surface area contributed by atoms with Gasteiger partial charge in [0.15, 0.2) is 0 Å². The molecule has 0 aliphatic carbocycles. The smallest absolute Gasteiger partial charge is 0.0635 e. The van der Waals surface area contributed by atoms with Crippen molar-refractivity contribution < 1.29 is 5.11 Å². The molecule has 1 N–H and O–H groups in total. The third kappa shape index (κ3) is 2.04. The first-order valence-corrected chi connectivity index (χ1v) is 6.16. The van der Waals surface area contributed by atoms with Crippen molar-refractivity contribution in [1.82, 2.24) is 0 Å². The van der Waals surface area contributed by atoms with Crippen molar-refractivity contribution in [2.45, 2.75) is 25.8 Å². The van der Waals surface area contributed by atoms with Gasteiger partial charge < -0.3 is 10.0 Å². The Bertz CT molecular complexity index is 353. The van der Waals surface area contributed by atoms with E-state index in [1.54, 1.807) is 0 Å². The molecule has 0 aromatic heterocycles. The number of hydrogen-bond donors (Lipinski definition) is 1. The minimum absolute atomic E-state index is 0.256. The highest BCUT2D eigenvalue weighted by Gasteiger charge is 2.25. The largest absolute Gasteiger partial charge is 0.394 e. The minimum atomic E-state index is 0.256. The van der Waals surface area contributed by atoms with Gasteiger partial charge in [0.1, 0.15) is 0 Å². The average Bonchev–Trinajstić information content (AvgIpc) is 2.70. The van der Waals surface area contributed by atoms with Gasteiger partial charge in [0, 0.05) is 16.7 Å². The molecule has 1 heterocycles. The van der Waals surface area contributed by atoms with Crippen molar-refractivity contribution in [3.05, 3.63) is 28.2 Å². The number of anilines is 1. The van der Waals surface area contributed by atoms with Gasteiger partial charge in [-0.05, 0) is 37.5 Å². The van der Waals surface area contributed by atoms with Gasteiger partial charge >= 0.3 is 0 Å². The Morgan fingerprint density at radius 2 is 2.33 bits per heavy atom.